The maximum Gasteiger partial charge on any atom is 0.326 e. The molecule has 1 aromatic rings. The van der Waals surface area contributed by atoms with Crippen LogP contribution >= 0.6 is 0 Å². The fourth-order valence-electron chi connectivity index (χ4n) is 2.36. The van der Waals surface area contributed by atoms with Gasteiger partial charge in [-0.2, -0.15) is 0 Å². The van der Waals surface area contributed by atoms with E-state index in [-0.39, 0.29) is 0 Å². The Balaban J connectivity index is 2.28. The molecular weight excluding hydrogens is 232 g/mol. The molecule has 0 radical (unpaired) electrons. The molecule has 1 aliphatic heterocycles. The molecule has 1 unspecified atom stereocenters. The molecule has 1 fully saturated rings. The van der Waals surface area contributed by atoms with Gasteiger partial charge in [0, 0.05) is 24.5 Å². The van der Waals surface area contributed by atoms with E-state index in [1.807, 2.05) is 11.0 Å². The maximum atomic E-state index is 11.4. The van der Waals surface area contributed by atoms with Crippen molar-refractivity contribution in [2.24, 2.45) is 0 Å². The largest absolute Gasteiger partial charge is 0.481 e. The Morgan fingerprint density at radius 1 is 1.50 bits per heavy atom. The molecule has 0 saturated carbocycles. The van der Waals surface area contributed by atoms with Crippen LogP contribution < -0.4 is 9.64 Å². The van der Waals surface area contributed by atoms with Crippen LogP contribution in [-0.4, -0.2) is 35.8 Å². The molecule has 0 bridgehead atoms. The second-order valence-electron chi connectivity index (χ2n) is 4.45. The van der Waals surface area contributed by atoms with Crippen LogP contribution in [0, 0.1) is 0 Å². The van der Waals surface area contributed by atoms with Gasteiger partial charge in [-0.25, -0.2) is 9.78 Å². The summed E-state index contributed by atoms with van der Waals surface area (Å²) in [5.74, 6) is -0.242. The number of rotatable bonds is 3. The Labute approximate surface area is 106 Å². The Morgan fingerprint density at radius 2 is 2.33 bits per heavy atom. The van der Waals surface area contributed by atoms with Gasteiger partial charge in [0.1, 0.15) is 6.04 Å². The van der Waals surface area contributed by atoms with Gasteiger partial charge in [0.25, 0.3) is 0 Å². The zero-order valence-electron chi connectivity index (χ0n) is 10.5. The third-order valence-electron chi connectivity index (χ3n) is 3.30. The van der Waals surface area contributed by atoms with E-state index in [2.05, 4.69) is 4.98 Å². The summed E-state index contributed by atoms with van der Waals surface area (Å²) in [7, 11) is 1.56. The Hall–Kier alpha value is -1.78. The highest BCUT2D eigenvalue weighted by Crippen LogP contribution is 2.26. The van der Waals surface area contributed by atoms with Crippen LogP contribution in [0.4, 0.5) is 5.69 Å². The van der Waals surface area contributed by atoms with Crippen molar-refractivity contribution in [2.45, 2.75) is 31.7 Å². The lowest BCUT2D eigenvalue weighted by atomic mass is 10.1. The van der Waals surface area contributed by atoms with E-state index < -0.39 is 12.0 Å². The molecule has 98 valence electrons. The highest BCUT2D eigenvalue weighted by molar-refractivity contribution is 5.78. The topological polar surface area (TPSA) is 62.7 Å². The molecule has 1 aromatic heterocycles. The average Bonchev–Trinajstić information content (AvgIpc) is 2.64. The molecule has 0 aromatic carbocycles. The molecule has 18 heavy (non-hydrogen) atoms. The van der Waals surface area contributed by atoms with E-state index in [0.29, 0.717) is 12.3 Å². The van der Waals surface area contributed by atoms with Crippen molar-refractivity contribution < 1.29 is 14.6 Å². The number of ether oxygens (including phenoxy) is 1. The first-order valence-electron chi connectivity index (χ1n) is 6.22. The summed E-state index contributed by atoms with van der Waals surface area (Å²) in [4.78, 5) is 17.4. The highest BCUT2D eigenvalue weighted by Gasteiger charge is 2.27. The minimum atomic E-state index is -0.757. The van der Waals surface area contributed by atoms with Crippen molar-refractivity contribution in [3.05, 3.63) is 18.3 Å². The standard InChI is InChI=1S/C13H18N2O3/c1-18-12-9-10(6-7-14-12)15-8-4-2-3-5-11(15)13(16)17/h6-7,9,11H,2-5,8H2,1H3,(H,16,17). The number of carboxylic acids is 1. The van der Waals surface area contributed by atoms with Gasteiger partial charge >= 0.3 is 5.97 Å². The van der Waals surface area contributed by atoms with Gasteiger partial charge in [0.15, 0.2) is 0 Å². The zero-order chi connectivity index (χ0) is 13.0. The molecule has 1 aliphatic rings. The van der Waals surface area contributed by atoms with Gasteiger partial charge in [-0.15, -0.1) is 0 Å². The van der Waals surface area contributed by atoms with Crippen molar-refractivity contribution in [1.82, 2.24) is 4.98 Å². The van der Waals surface area contributed by atoms with Crippen LogP contribution in [0.3, 0.4) is 0 Å². The third-order valence-corrected chi connectivity index (χ3v) is 3.30. The van der Waals surface area contributed by atoms with E-state index in [1.54, 1.807) is 19.4 Å². The third kappa shape index (κ3) is 2.72. The number of hydrogen-bond donors (Lipinski definition) is 1. The monoisotopic (exact) mass is 250 g/mol. The van der Waals surface area contributed by atoms with Crippen LogP contribution in [0.2, 0.25) is 0 Å². The number of hydrogen-bond acceptors (Lipinski definition) is 4. The van der Waals surface area contributed by atoms with Gasteiger partial charge in [0.05, 0.1) is 7.11 Å². The molecule has 2 rings (SSSR count). The first-order chi connectivity index (χ1) is 8.72. The number of pyridine rings is 1. The number of methoxy groups -OCH3 is 1. The number of carbonyl (C=O) groups is 1. The highest BCUT2D eigenvalue weighted by atomic mass is 16.5. The van der Waals surface area contributed by atoms with E-state index in [4.69, 9.17) is 4.74 Å². The molecule has 1 N–H and O–H groups in total. The van der Waals surface area contributed by atoms with Crippen LogP contribution in [0.25, 0.3) is 0 Å². The van der Waals surface area contributed by atoms with Gasteiger partial charge in [-0.05, 0) is 18.9 Å². The predicted octanol–water partition coefficient (Wildman–Crippen LogP) is 1.92. The first-order valence-corrected chi connectivity index (χ1v) is 6.22. The van der Waals surface area contributed by atoms with Crippen molar-refractivity contribution in [2.75, 3.05) is 18.6 Å². The number of carboxylic acid groups (broad SMARTS) is 1. The van der Waals surface area contributed by atoms with Crippen LogP contribution in [0.5, 0.6) is 5.88 Å². The Kier molecular flexibility index (Phi) is 4.02. The van der Waals surface area contributed by atoms with E-state index in [0.717, 1.165) is 31.5 Å². The van der Waals surface area contributed by atoms with E-state index >= 15 is 0 Å². The van der Waals surface area contributed by atoms with Crippen molar-refractivity contribution in [3.8, 4) is 5.88 Å². The Morgan fingerprint density at radius 3 is 3.06 bits per heavy atom. The van der Waals surface area contributed by atoms with Crippen LogP contribution in [0.1, 0.15) is 25.7 Å². The fraction of sp³-hybridized carbons (Fsp3) is 0.538. The SMILES string of the molecule is COc1cc(N2CCCCCC2C(=O)O)ccn1. The number of aromatic nitrogens is 1. The van der Waals surface area contributed by atoms with Crippen LogP contribution in [0.15, 0.2) is 18.3 Å². The maximum absolute atomic E-state index is 11.4. The summed E-state index contributed by atoms with van der Waals surface area (Å²) >= 11 is 0. The summed E-state index contributed by atoms with van der Waals surface area (Å²) in [5.41, 5.74) is 0.871. The van der Waals surface area contributed by atoms with E-state index in [1.165, 1.54) is 0 Å². The van der Waals surface area contributed by atoms with Gasteiger partial charge < -0.3 is 14.7 Å². The molecule has 0 aliphatic carbocycles. The molecule has 0 amide bonds. The molecule has 0 spiro atoms. The van der Waals surface area contributed by atoms with Gasteiger partial charge in [-0.3, -0.25) is 0 Å². The van der Waals surface area contributed by atoms with Gasteiger partial charge in [0.2, 0.25) is 5.88 Å². The molecule has 1 atom stereocenters. The van der Waals surface area contributed by atoms with Gasteiger partial charge in [-0.1, -0.05) is 12.8 Å². The van der Waals surface area contributed by atoms with Crippen molar-refractivity contribution in [3.63, 3.8) is 0 Å². The summed E-state index contributed by atoms with van der Waals surface area (Å²) in [6.45, 7) is 0.768. The average molecular weight is 250 g/mol. The summed E-state index contributed by atoms with van der Waals surface area (Å²) in [6, 6.07) is 3.19. The minimum Gasteiger partial charge on any atom is -0.481 e. The van der Waals surface area contributed by atoms with Crippen LogP contribution in [-0.2, 0) is 4.79 Å². The normalized spacial score (nSPS) is 20.3. The smallest absolute Gasteiger partial charge is 0.326 e. The lowest BCUT2D eigenvalue weighted by Gasteiger charge is -2.29. The fourth-order valence-corrected chi connectivity index (χ4v) is 2.36. The second-order valence-corrected chi connectivity index (χ2v) is 4.45. The molecule has 2 heterocycles. The minimum absolute atomic E-state index is 0.445. The quantitative estimate of drug-likeness (QED) is 0.888. The first kappa shape index (κ1) is 12.7. The number of anilines is 1. The zero-order valence-corrected chi connectivity index (χ0v) is 10.5. The molecule has 5 heteroatoms. The lowest BCUT2D eigenvalue weighted by molar-refractivity contribution is -0.138. The summed E-state index contributed by atoms with van der Waals surface area (Å²) < 4.78 is 5.09. The number of nitrogens with zero attached hydrogens (tertiary/aromatic N) is 2. The molecule has 5 nitrogen and oxygen atoms in total. The molecule has 1 saturated heterocycles. The summed E-state index contributed by atoms with van der Waals surface area (Å²) in [5, 5.41) is 9.33. The van der Waals surface area contributed by atoms with E-state index in [9.17, 15) is 9.90 Å². The molecular formula is C13H18N2O3. The lowest BCUT2D eigenvalue weighted by Crippen LogP contribution is -2.40. The second kappa shape index (κ2) is 5.71. The number of aliphatic carboxylic acids is 1. The van der Waals surface area contributed by atoms with Crippen molar-refractivity contribution >= 4 is 11.7 Å². The summed E-state index contributed by atoms with van der Waals surface area (Å²) in [6.07, 6.45) is 5.42. The Bertz CT molecular complexity index is 422. The predicted molar refractivity (Wildman–Crippen MR) is 68.0 cm³/mol. The van der Waals surface area contributed by atoms with Crippen molar-refractivity contribution in [1.29, 1.82) is 0 Å².